The zero-order valence-electron chi connectivity index (χ0n) is 20.7. The van der Waals surface area contributed by atoms with Crippen LogP contribution in [0.15, 0.2) is 30.5 Å². The lowest BCUT2D eigenvalue weighted by Gasteiger charge is -2.32. The Kier molecular flexibility index (Phi) is 10.3. The molecule has 0 saturated heterocycles. The molecule has 0 spiro atoms. The number of carbonyl (C=O) groups excluding carboxylic acids is 2. The second-order valence-corrected chi connectivity index (χ2v) is 11.6. The Morgan fingerprint density at radius 1 is 1.14 bits per heavy atom. The van der Waals surface area contributed by atoms with E-state index in [1.807, 2.05) is 31.2 Å². The number of thiazole rings is 1. The van der Waals surface area contributed by atoms with Crippen LogP contribution in [0.2, 0.25) is 0 Å². The van der Waals surface area contributed by atoms with Crippen molar-refractivity contribution in [2.75, 3.05) is 6.67 Å². The van der Waals surface area contributed by atoms with Gasteiger partial charge in [-0.3, -0.25) is 9.18 Å². The normalized spacial score (nSPS) is 13.9. The molecule has 1 aromatic carbocycles. The Labute approximate surface area is 219 Å². The lowest BCUT2D eigenvalue weighted by Crippen LogP contribution is -2.48. The van der Waals surface area contributed by atoms with Crippen molar-refractivity contribution >= 4 is 46.5 Å². The van der Waals surface area contributed by atoms with E-state index >= 15 is 0 Å². The van der Waals surface area contributed by atoms with Crippen molar-refractivity contribution in [1.29, 1.82) is 0 Å². The van der Waals surface area contributed by atoms with E-state index in [0.717, 1.165) is 21.0 Å². The van der Waals surface area contributed by atoms with Gasteiger partial charge in [0.05, 0.1) is 23.7 Å². The number of carbonyl (C=O) groups is 2. The number of amides is 2. The Balaban J connectivity index is 2.10. The number of benzene rings is 1. The quantitative estimate of drug-likeness (QED) is 0.263. The van der Waals surface area contributed by atoms with E-state index in [0.29, 0.717) is 0 Å². The topological polar surface area (TPSA) is 89.6 Å². The van der Waals surface area contributed by atoms with Crippen molar-refractivity contribution in [2.24, 2.45) is 0 Å². The Morgan fingerprint density at radius 2 is 1.77 bits per heavy atom. The van der Waals surface area contributed by atoms with E-state index in [9.17, 15) is 14.0 Å². The molecule has 0 fully saturated rings. The van der Waals surface area contributed by atoms with Gasteiger partial charge in [-0.05, 0) is 52.7 Å². The minimum Gasteiger partial charge on any atom is -0.444 e. The second kappa shape index (κ2) is 12.3. The lowest BCUT2D eigenvalue weighted by atomic mass is 10.0. The molecule has 35 heavy (non-hydrogen) atoms. The van der Waals surface area contributed by atoms with Gasteiger partial charge in [-0.2, -0.15) is 0 Å². The molecule has 0 saturated carbocycles. The highest BCUT2D eigenvalue weighted by atomic mass is 35.5. The number of alkyl halides is 3. The van der Waals surface area contributed by atoms with E-state index < -0.39 is 40.9 Å². The molecule has 2 N–H and O–H groups in total. The third-order valence-electron chi connectivity index (χ3n) is 4.62. The molecule has 11 heteroatoms. The molecular weight excluding hydrogens is 516 g/mol. The number of aromatic nitrogens is 1. The predicted molar refractivity (Wildman–Crippen MR) is 137 cm³/mol. The van der Waals surface area contributed by atoms with Gasteiger partial charge in [-0.25, -0.2) is 9.78 Å². The van der Waals surface area contributed by atoms with Crippen LogP contribution in [0.25, 0.3) is 10.4 Å². The van der Waals surface area contributed by atoms with Crippen LogP contribution in [0.1, 0.15) is 70.7 Å². The van der Waals surface area contributed by atoms with Crippen LogP contribution in [0, 0.1) is 0 Å². The van der Waals surface area contributed by atoms with Gasteiger partial charge in [0.25, 0.3) is 5.91 Å². The molecule has 0 aliphatic heterocycles. The fourth-order valence-corrected chi connectivity index (χ4v) is 4.19. The SMILES string of the molecule is CC(NC(=O)OC(C)(C)C)c1ncc(-c2ccc(C(CCF)OC(C)(C)NC(=O)C(Cl)Cl)cc2)s1. The zero-order chi connectivity index (χ0) is 26.4. The average Bonchev–Trinajstić information content (AvgIpc) is 3.22. The first-order valence-electron chi connectivity index (χ1n) is 11.1. The van der Waals surface area contributed by atoms with Crippen molar-refractivity contribution in [2.45, 2.75) is 76.3 Å². The van der Waals surface area contributed by atoms with E-state index in [1.54, 1.807) is 40.8 Å². The summed E-state index contributed by atoms with van der Waals surface area (Å²) >= 11 is 12.7. The summed E-state index contributed by atoms with van der Waals surface area (Å²) in [6.45, 7) is 9.95. The standard InChI is InChI=1S/C24H32Cl2FN3O4S/c1-14(29-22(32)34-23(2,3)4)21-28-13-18(35-21)16-9-7-15(8-10-16)17(11-12-27)33-24(5,6)30-20(31)19(25)26/h7-10,13-14,17,19H,11-12H2,1-6H3,(H,29,32)(H,30,31). The van der Waals surface area contributed by atoms with Gasteiger partial charge in [0.2, 0.25) is 0 Å². The summed E-state index contributed by atoms with van der Waals surface area (Å²) in [6, 6.07) is 7.17. The first-order valence-corrected chi connectivity index (χ1v) is 12.8. The van der Waals surface area contributed by atoms with Crippen LogP contribution in [0.4, 0.5) is 9.18 Å². The van der Waals surface area contributed by atoms with E-state index in [4.69, 9.17) is 32.7 Å². The number of alkyl carbamates (subject to hydrolysis) is 1. The van der Waals surface area contributed by atoms with Crippen molar-refractivity contribution in [3.63, 3.8) is 0 Å². The molecule has 2 rings (SSSR count). The maximum atomic E-state index is 13.2. The molecular formula is C24H32Cl2FN3O4S. The predicted octanol–water partition coefficient (Wildman–Crippen LogP) is 6.47. The first kappa shape index (κ1) is 29.3. The smallest absolute Gasteiger partial charge is 0.408 e. The van der Waals surface area contributed by atoms with Crippen LogP contribution in [-0.2, 0) is 14.3 Å². The molecule has 1 heterocycles. The third kappa shape index (κ3) is 9.56. The first-order chi connectivity index (χ1) is 16.2. The summed E-state index contributed by atoms with van der Waals surface area (Å²) in [5.74, 6) is -0.593. The van der Waals surface area contributed by atoms with Crippen LogP contribution in [-0.4, -0.2) is 39.8 Å². The molecule has 2 aromatic rings. The average molecular weight is 549 g/mol. The van der Waals surface area contributed by atoms with Crippen molar-refractivity contribution < 1.29 is 23.5 Å². The number of rotatable bonds is 10. The summed E-state index contributed by atoms with van der Waals surface area (Å²) in [4.78, 5) is 28.0. The molecule has 0 bridgehead atoms. The Morgan fingerprint density at radius 3 is 2.31 bits per heavy atom. The van der Waals surface area contributed by atoms with Crippen LogP contribution >= 0.6 is 34.5 Å². The lowest BCUT2D eigenvalue weighted by molar-refractivity contribution is -0.137. The Bertz CT molecular complexity index is 993. The maximum Gasteiger partial charge on any atom is 0.408 e. The highest BCUT2D eigenvalue weighted by molar-refractivity contribution is 7.15. The van der Waals surface area contributed by atoms with Crippen LogP contribution < -0.4 is 10.6 Å². The van der Waals surface area contributed by atoms with Gasteiger partial charge in [0, 0.05) is 12.6 Å². The van der Waals surface area contributed by atoms with Crippen molar-refractivity contribution in [3.05, 3.63) is 41.0 Å². The van der Waals surface area contributed by atoms with Gasteiger partial charge < -0.3 is 20.1 Å². The number of ether oxygens (including phenoxy) is 2. The van der Waals surface area contributed by atoms with Crippen LogP contribution in [0.5, 0.6) is 0 Å². The monoisotopic (exact) mass is 547 g/mol. The number of hydrogen-bond acceptors (Lipinski definition) is 6. The molecule has 1 aromatic heterocycles. The van der Waals surface area contributed by atoms with E-state index in [1.165, 1.54) is 11.3 Å². The largest absolute Gasteiger partial charge is 0.444 e. The molecule has 7 nitrogen and oxygen atoms in total. The maximum absolute atomic E-state index is 13.2. The number of nitrogens with zero attached hydrogens (tertiary/aromatic N) is 1. The van der Waals surface area contributed by atoms with Gasteiger partial charge in [-0.15, -0.1) is 11.3 Å². The molecule has 2 atom stereocenters. The van der Waals surface area contributed by atoms with Gasteiger partial charge in [0.1, 0.15) is 16.3 Å². The molecule has 2 amide bonds. The highest BCUT2D eigenvalue weighted by Crippen LogP contribution is 2.32. The van der Waals surface area contributed by atoms with Gasteiger partial charge >= 0.3 is 6.09 Å². The molecule has 0 aliphatic carbocycles. The second-order valence-electron chi connectivity index (χ2n) is 9.44. The molecule has 2 unspecified atom stereocenters. The number of nitrogens with one attached hydrogen (secondary N) is 2. The number of halogens is 3. The van der Waals surface area contributed by atoms with Crippen molar-refractivity contribution in [1.82, 2.24) is 15.6 Å². The fraction of sp³-hybridized carbons (Fsp3) is 0.542. The number of hydrogen-bond donors (Lipinski definition) is 2. The zero-order valence-corrected chi connectivity index (χ0v) is 23.0. The minimum atomic E-state index is -1.23. The van der Waals surface area contributed by atoms with Crippen LogP contribution in [0.3, 0.4) is 0 Å². The third-order valence-corrected chi connectivity index (χ3v) is 6.25. The fourth-order valence-electron chi connectivity index (χ4n) is 3.16. The summed E-state index contributed by atoms with van der Waals surface area (Å²) < 4.78 is 24.5. The summed E-state index contributed by atoms with van der Waals surface area (Å²) in [5, 5.41) is 6.12. The summed E-state index contributed by atoms with van der Waals surface area (Å²) in [5.41, 5.74) is -0.0187. The van der Waals surface area contributed by atoms with E-state index in [-0.39, 0.29) is 12.5 Å². The van der Waals surface area contributed by atoms with E-state index in [2.05, 4.69) is 15.6 Å². The van der Waals surface area contributed by atoms with Gasteiger partial charge in [-0.1, -0.05) is 47.5 Å². The summed E-state index contributed by atoms with van der Waals surface area (Å²) in [6.07, 6.45) is 0.758. The molecule has 0 radical (unpaired) electrons. The Hall–Kier alpha value is -1.94. The van der Waals surface area contributed by atoms with Crippen molar-refractivity contribution in [3.8, 4) is 10.4 Å². The minimum absolute atomic E-state index is 0.113. The highest BCUT2D eigenvalue weighted by Gasteiger charge is 2.28. The summed E-state index contributed by atoms with van der Waals surface area (Å²) in [7, 11) is 0. The molecule has 0 aliphatic rings. The molecule has 194 valence electrons. The van der Waals surface area contributed by atoms with Gasteiger partial charge in [0.15, 0.2) is 4.84 Å².